The zero-order chi connectivity index (χ0) is 16.7. The molecule has 0 aliphatic heterocycles. The quantitative estimate of drug-likeness (QED) is 0.311. The maximum absolute atomic E-state index is 6.05. The Bertz CT molecular complexity index is 235. The van der Waals surface area contributed by atoms with Crippen LogP contribution in [0.5, 0.6) is 0 Å². The predicted molar refractivity (Wildman–Crippen MR) is 102 cm³/mol. The highest BCUT2D eigenvalue weighted by Gasteiger charge is 2.12. The van der Waals surface area contributed by atoms with Crippen LogP contribution in [0.15, 0.2) is 0 Å². The number of rotatable bonds is 11. The highest BCUT2D eigenvalue weighted by atomic mass is 16.5. The van der Waals surface area contributed by atoms with Gasteiger partial charge in [0.15, 0.2) is 0 Å². The van der Waals surface area contributed by atoms with Gasteiger partial charge in [-0.05, 0) is 51.4 Å². The van der Waals surface area contributed by atoms with Crippen LogP contribution in [-0.2, 0) is 9.47 Å². The molecular formula is C22H41O2. The van der Waals surface area contributed by atoms with Crippen LogP contribution in [-0.4, -0.2) is 25.4 Å². The summed E-state index contributed by atoms with van der Waals surface area (Å²) in [5.74, 6) is 0. The molecule has 2 rings (SSSR count). The predicted octanol–water partition coefficient (Wildman–Crippen LogP) is 6.62. The van der Waals surface area contributed by atoms with Crippen molar-refractivity contribution in [2.75, 3.05) is 13.2 Å². The molecule has 0 saturated heterocycles. The van der Waals surface area contributed by atoms with Crippen LogP contribution in [0.25, 0.3) is 0 Å². The van der Waals surface area contributed by atoms with Crippen molar-refractivity contribution in [2.24, 2.45) is 0 Å². The average molecular weight is 338 g/mol. The van der Waals surface area contributed by atoms with Crippen molar-refractivity contribution in [3.8, 4) is 0 Å². The SMILES string of the molecule is [CH](CCCCOC1CCCCCC1)CCCOC1CCCCCC1. The summed E-state index contributed by atoms with van der Waals surface area (Å²) in [5, 5.41) is 0. The van der Waals surface area contributed by atoms with Gasteiger partial charge in [0.25, 0.3) is 0 Å². The lowest BCUT2D eigenvalue weighted by molar-refractivity contribution is 0.0402. The number of unbranched alkanes of at least 4 members (excludes halogenated alkanes) is 5. The molecule has 0 aromatic rings. The Labute approximate surface area is 151 Å². The lowest BCUT2D eigenvalue weighted by Crippen LogP contribution is -2.12. The summed E-state index contributed by atoms with van der Waals surface area (Å²) in [6.45, 7) is 1.94. The molecular weight excluding hydrogens is 296 g/mol. The number of hydrogen-bond donors (Lipinski definition) is 0. The van der Waals surface area contributed by atoms with Crippen molar-refractivity contribution in [3.63, 3.8) is 0 Å². The van der Waals surface area contributed by atoms with E-state index in [0.717, 1.165) is 13.2 Å². The third-order valence-electron chi connectivity index (χ3n) is 5.67. The van der Waals surface area contributed by atoms with E-state index in [0.29, 0.717) is 12.2 Å². The first-order valence-corrected chi connectivity index (χ1v) is 11.0. The van der Waals surface area contributed by atoms with Crippen molar-refractivity contribution in [3.05, 3.63) is 6.42 Å². The van der Waals surface area contributed by atoms with Crippen molar-refractivity contribution in [1.29, 1.82) is 0 Å². The molecule has 0 aromatic carbocycles. The van der Waals surface area contributed by atoms with E-state index in [-0.39, 0.29) is 0 Å². The second-order valence-electron chi connectivity index (χ2n) is 7.90. The van der Waals surface area contributed by atoms with Crippen LogP contribution >= 0.6 is 0 Å². The largest absolute Gasteiger partial charge is 0.378 e. The van der Waals surface area contributed by atoms with E-state index >= 15 is 0 Å². The Hall–Kier alpha value is -0.0800. The van der Waals surface area contributed by atoms with Gasteiger partial charge in [-0.3, -0.25) is 0 Å². The van der Waals surface area contributed by atoms with Crippen molar-refractivity contribution < 1.29 is 9.47 Å². The summed E-state index contributed by atoms with van der Waals surface area (Å²) in [6, 6.07) is 0. The zero-order valence-electron chi connectivity index (χ0n) is 16.0. The Morgan fingerprint density at radius 3 is 1.54 bits per heavy atom. The second kappa shape index (κ2) is 14.1. The van der Waals surface area contributed by atoms with Gasteiger partial charge in [0.05, 0.1) is 12.2 Å². The standard InChI is InChI=1S/C22H41O2/c1(7-13-19-23-21-15-9-3-4-10-16-21)2-8-14-20-24-22-17-11-5-6-12-18-22/h1,21-22H,2-20H2. The van der Waals surface area contributed by atoms with E-state index in [2.05, 4.69) is 6.42 Å². The maximum atomic E-state index is 6.05. The third kappa shape index (κ3) is 10.0. The Morgan fingerprint density at radius 1 is 0.542 bits per heavy atom. The van der Waals surface area contributed by atoms with Gasteiger partial charge in [0.2, 0.25) is 0 Å². The topological polar surface area (TPSA) is 18.5 Å². The van der Waals surface area contributed by atoms with E-state index in [4.69, 9.17) is 9.47 Å². The van der Waals surface area contributed by atoms with Gasteiger partial charge >= 0.3 is 0 Å². The summed E-state index contributed by atoms with van der Waals surface area (Å²) in [6.07, 6.45) is 26.1. The van der Waals surface area contributed by atoms with E-state index in [1.165, 1.54) is 109 Å². The number of ether oxygens (including phenoxy) is 2. The lowest BCUT2D eigenvalue weighted by Gasteiger charge is -2.15. The molecule has 141 valence electrons. The molecule has 0 atom stereocenters. The normalized spacial score (nSPS) is 21.5. The summed E-state index contributed by atoms with van der Waals surface area (Å²) in [5.41, 5.74) is 0. The van der Waals surface area contributed by atoms with Gasteiger partial charge in [0, 0.05) is 13.2 Å². The van der Waals surface area contributed by atoms with E-state index < -0.39 is 0 Å². The fraction of sp³-hybridized carbons (Fsp3) is 0.955. The van der Waals surface area contributed by atoms with Gasteiger partial charge < -0.3 is 9.47 Å². The first kappa shape index (κ1) is 20.2. The third-order valence-corrected chi connectivity index (χ3v) is 5.67. The van der Waals surface area contributed by atoms with Crippen molar-refractivity contribution in [1.82, 2.24) is 0 Å². The Kier molecular flexibility index (Phi) is 11.9. The van der Waals surface area contributed by atoms with E-state index in [9.17, 15) is 0 Å². The molecule has 2 fully saturated rings. The van der Waals surface area contributed by atoms with Crippen LogP contribution < -0.4 is 0 Å². The van der Waals surface area contributed by atoms with Gasteiger partial charge in [-0.2, -0.15) is 0 Å². The zero-order valence-corrected chi connectivity index (χ0v) is 16.0. The summed E-state index contributed by atoms with van der Waals surface area (Å²) < 4.78 is 12.1. The van der Waals surface area contributed by atoms with E-state index in [1.54, 1.807) is 0 Å². The summed E-state index contributed by atoms with van der Waals surface area (Å²) in [7, 11) is 0. The molecule has 2 nitrogen and oxygen atoms in total. The fourth-order valence-corrected chi connectivity index (χ4v) is 4.08. The first-order valence-electron chi connectivity index (χ1n) is 11.0. The van der Waals surface area contributed by atoms with Gasteiger partial charge in [0.1, 0.15) is 0 Å². The van der Waals surface area contributed by atoms with Crippen molar-refractivity contribution in [2.45, 2.75) is 121 Å². The Balaban J connectivity index is 1.31. The summed E-state index contributed by atoms with van der Waals surface area (Å²) >= 11 is 0. The van der Waals surface area contributed by atoms with Crippen LogP contribution in [0, 0.1) is 6.42 Å². The van der Waals surface area contributed by atoms with Gasteiger partial charge in [-0.1, -0.05) is 64.2 Å². The molecule has 24 heavy (non-hydrogen) atoms. The molecule has 2 heteroatoms. The second-order valence-corrected chi connectivity index (χ2v) is 7.90. The molecule has 0 amide bonds. The molecule has 1 radical (unpaired) electrons. The summed E-state index contributed by atoms with van der Waals surface area (Å²) in [4.78, 5) is 0. The molecule has 0 N–H and O–H groups in total. The smallest absolute Gasteiger partial charge is 0.0575 e. The minimum atomic E-state index is 0.564. The number of hydrogen-bond acceptors (Lipinski definition) is 2. The molecule has 0 heterocycles. The van der Waals surface area contributed by atoms with Crippen LogP contribution in [0.2, 0.25) is 0 Å². The minimum absolute atomic E-state index is 0.564. The molecule has 0 unspecified atom stereocenters. The fourth-order valence-electron chi connectivity index (χ4n) is 4.08. The van der Waals surface area contributed by atoms with Crippen LogP contribution in [0.1, 0.15) is 109 Å². The molecule has 2 aliphatic carbocycles. The van der Waals surface area contributed by atoms with Gasteiger partial charge in [-0.25, -0.2) is 0 Å². The molecule has 0 bridgehead atoms. The highest BCUT2D eigenvalue weighted by Crippen LogP contribution is 2.21. The highest BCUT2D eigenvalue weighted by molar-refractivity contribution is 4.67. The van der Waals surface area contributed by atoms with Crippen LogP contribution in [0.3, 0.4) is 0 Å². The van der Waals surface area contributed by atoms with E-state index in [1.807, 2.05) is 0 Å². The van der Waals surface area contributed by atoms with Crippen molar-refractivity contribution >= 4 is 0 Å². The van der Waals surface area contributed by atoms with Gasteiger partial charge in [-0.15, -0.1) is 0 Å². The van der Waals surface area contributed by atoms with Crippen LogP contribution in [0.4, 0.5) is 0 Å². The average Bonchev–Trinajstić information content (AvgIpc) is 3.01. The molecule has 2 aliphatic rings. The maximum Gasteiger partial charge on any atom is 0.0575 e. The molecule has 2 saturated carbocycles. The Morgan fingerprint density at radius 2 is 1.00 bits per heavy atom. The molecule has 0 aromatic heterocycles. The lowest BCUT2D eigenvalue weighted by atomic mass is 10.1. The first-order chi connectivity index (χ1) is 11.9. The minimum Gasteiger partial charge on any atom is -0.378 e. The monoisotopic (exact) mass is 337 g/mol. The molecule has 0 spiro atoms.